The van der Waals surface area contributed by atoms with Crippen molar-refractivity contribution in [2.75, 3.05) is 0 Å². The molecule has 1 aliphatic heterocycles. The van der Waals surface area contributed by atoms with Crippen molar-refractivity contribution < 1.29 is 4.79 Å². The van der Waals surface area contributed by atoms with Gasteiger partial charge in [-0.2, -0.15) is 0 Å². The minimum Gasteiger partial charge on any atom is -0.334 e. The third-order valence-electron chi connectivity index (χ3n) is 3.14. The summed E-state index contributed by atoms with van der Waals surface area (Å²) < 4.78 is 0. The minimum absolute atomic E-state index is 0.0677. The maximum Gasteiger partial charge on any atom is 0.318 e. The Hall–Kier alpha value is -2.43. The molecule has 19 heavy (non-hydrogen) atoms. The second-order valence-corrected chi connectivity index (χ2v) is 4.49. The van der Waals surface area contributed by atoms with Gasteiger partial charge >= 0.3 is 6.03 Å². The second kappa shape index (κ2) is 5.06. The summed E-state index contributed by atoms with van der Waals surface area (Å²) in [5.74, 6) is 0. The van der Waals surface area contributed by atoms with Crippen molar-refractivity contribution in [3.8, 4) is 0 Å². The number of fused-ring (bicyclic) bond motifs is 1. The van der Waals surface area contributed by atoms with E-state index in [1.54, 1.807) is 23.5 Å². The fraction of sp³-hybridized carbons (Fsp3) is 0.214. The van der Waals surface area contributed by atoms with Crippen LogP contribution >= 0.6 is 0 Å². The van der Waals surface area contributed by atoms with Crippen molar-refractivity contribution in [1.82, 2.24) is 20.2 Å². The lowest BCUT2D eigenvalue weighted by Gasteiger charge is -2.16. The smallest absolute Gasteiger partial charge is 0.318 e. The maximum absolute atomic E-state index is 12.1. The van der Waals surface area contributed by atoms with E-state index < -0.39 is 0 Å². The normalized spacial score (nSPS) is 13.2. The summed E-state index contributed by atoms with van der Waals surface area (Å²) in [5, 5.41) is 2.89. The van der Waals surface area contributed by atoms with Crippen molar-refractivity contribution in [3.63, 3.8) is 0 Å². The third kappa shape index (κ3) is 2.54. The molecule has 1 aliphatic rings. The summed E-state index contributed by atoms with van der Waals surface area (Å²) in [6.07, 6.45) is 5.23. The highest BCUT2D eigenvalue weighted by molar-refractivity contribution is 5.74. The number of nitrogens with zero attached hydrogens (tertiary/aromatic N) is 3. The van der Waals surface area contributed by atoms with Crippen LogP contribution in [0.5, 0.6) is 0 Å². The van der Waals surface area contributed by atoms with Gasteiger partial charge in [0.15, 0.2) is 0 Å². The van der Waals surface area contributed by atoms with Crippen molar-refractivity contribution in [2.24, 2.45) is 0 Å². The summed E-state index contributed by atoms with van der Waals surface area (Å²) in [5.41, 5.74) is 3.10. The highest BCUT2D eigenvalue weighted by Gasteiger charge is 2.23. The van der Waals surface area contributed by atoms with E-state index in [4.69, 9.17) is 0 Å². The van der Waals surface area contributed by atoms with Crippen molar-refractivity contribution in [2.45, 2.75) is 19.6 Å². The molecular formula is C14H14N4O. The lowest BCUT2D eigenvalue weighted by atomic mass is 10.2. The van der Waals surface area contributed by atoms with Crippen LogP contribution in [0.15, 0.2) is 42.9 Å². The Morgan fingerprint density at radius 1 is 1.26 bits per heavy atom. The van der Waals surface area contributed by atoms with Gasteiger partial charge in [0.05, 0.1) is 12.2 Å². The lowest BCUT2D eigenvalue weighted by molar-refractivity contribution is 0.197. The molecule has 2 amide bonds. The molecule has 0 aromatic carbocycles. The zero-order valence-electron chi connectivity index (χ0n) is 10.4. The van der Waals surface area contributed by atoms with Crippen molar-refractivity contribution in [1.29, 1.82) is 0 Å². The van der Waals surface area contributed by atoms with Gasteiger partial charge in [-0.25, -0.2) is 4.79 Å². The zero-order valence-corrected chi connectivity index (χ0v) is 10.4. The molecule has 3 heterocycles. The number of hydrogen-bond acceptors (Lipinski definition) is 3. The van der Waals surface area contributed by atoms with Gasteiger partial charge in [0.2, 0.25) is 0 Å². The van der Waals surface area contributed by atoms with Crippen LogP contribution in [0.1, 0.15) is 16.8 Å². The summed E-state index contributed by atoms with van der Waals surface area (Å²) >= 11 is 0. The fourth-order valence-electron chi connectivity index (χ4n) is 2.14. The maximum atomic E-state index is 12.1. The molecule has 0 atom stereocenters. The number of aromatic nitrogens is 2. The van der Waals surface area contributed by atoms with E-state index in [9.17, 15) is 4.79 Å². The van der Waals surface area contributed by atoms with Gasteiger partial charge in [-0.3, -0.25) is 9.97 Å². The number of carbonyl (C=O) groups excluding carboxylic acids is 1. The van der Waals surface area contributed by atoms with E-state index in [-0.39, 0.29) is 6.03 Å². The first-order chi connectivity index (χ1) is 9.33. The number of urea groups is 1. The molecule has 5 nitrogen and oxygen atoms in total. The van der Waals surface area contributed by atoms with Gasteiger partial charge in [0.25, 0.3) is 0 Å². The molecular weight excluding hydrogens is 240 g/mol. The number of nitrogens with one attached hydrogen (secondary N) is 1. The van der Waals surface area contributed by atoms with Gasteiger partial charge in [-0.15, -0.1) is 0 Å². The van der Waals surface area contributed by atoms with Crippen LogP contribution in [0.25, 0.3) is 0 Å². The first kappa shape index (κ1) is 11.6. The molecule has 0 fully saturated rings. The molecule has 2 aromatic heterocycles. The molecule has 3 rings (SSSR count). The van der Waals surface area contributed by atoms with Crippen LogP contribution < -0.4 is 5.32 Å². The lowest BCUT2D eigenvalue weighted by Crippen LogP contribution is -2.36. The molecule has 1 N–H and O–H groups in total. The molecule has 96 valence electrons. The standard InChI is InChI=1S/C14H14N4O/c19-14(17-8-11-3-1-5-15-7-11)18-9-12-4-2-6-16-13(12)10-18/h1-7H,8-10H2,(H,17,19). The van der Waals surface area contributed by atoms with E-state index in [0.29, 0.717) is 19.6 Å². The van der Waals surface area contributed by atoms with Crippen LogP contribution in [0.2, 0.25) is 0 Å². The van der Waals surface area contributed by atoms with Crippen LogP contribution in [-0.4, -0.2) is 20.9 Å². The van der Waals surface area contributed by atoms with E-state index in [1.807, 2.05) is 24.3 Å². The van der Waals surface area contributed by atoms with Gasteiger partial charge < -0.3 is 10.2 Å². The van der Waals surface area contributed by atoms with E-state index >= 15 is 0 Å². The fourth-order valence-corrected chi connectivity index (χ4v) is 2.14. The minimum atomic E-state index is -0.0677. The Labute approximate surface area is 111 Å². The van der Waals surface area contributed by atoms with Crippen LogP contribution in [-0.2, 0) is 19.6 Å². The molecule has 5 heteroatoms. The van der Waals surface area contributed by atoms with Crippen molar-refractivity contribution in [3.05, 3.63) is 59.7 Å². The number of carbonyl (C=O) groups is 1. The van der Waals surface area contributed by atoms with Crippen LogP contribution in [0.4, 0.5) is 4.79 Å². The highest BCUT2D eigenvalue weighted by Crippen LogP contribution is 2.19. The summed E-state index contributed by atoms with van der Waals surface area (Å²) in [4.78, 5) is 22.1. The summed E-state index contributed by atoms with van der Waals surface area (Å²) in [7, 11) is 0. The molecule has 0 radical (unpaired) electrons. The van der Waals surface area contributed by atoms with Gasteiger partial charge in [0.1, 0.15) is 0 Å². The summed E-state index contributed by atoms with van der Waals surface area (Å²) in [6, 6.07) is 7.64. The molecule has 0 bridgehead atoms. The topological polar surface area (TPSA) is 58.1 Å². The average molecular weight is 254 g/mol. The molecule has 0 saturated heterocycles. The van der Waals surface area contributed by atoms with Gasteiger partial charge in [-0.1, -0.05) is 12.1 Å². The Bertz CT molecular complexity index is 560. The Morgan fingerprint density at radius 2 is 2.16 bits per heavy atom. The SMILES string of the molecule is O=C(NCc1cccnc1)N1Cc2cccnc2C1. The Morgan fingerprint density at radius 3 is 2.95 bits per heavy atom. The predicted molar refractivity (Wildman–Crippen MR) is 70.0 cm³/mol. The van der Waals surface area contributed by atoms with Crippen LogP contribution in [0.3, 0.4) is 0 Å². The Kier molecular flexibility index (Phi) is 3.10. The molecule has 0 spiro atoms. The number of amides is 2. The van der Waals surface area contributed by atoms with E-state index in [2.05, 4.69) is 15.3 Å². The highest BCUT2D eigenvalue weighted by atomic mass is 16.2. The predicted octanol–water partition coefficient (Wildman–Crippen LogP) is 1.70. The molecule has 0 unspecified atom stereocenters. The van der Waals surface area contributed by atoms with Gasteiger partial charge in [-0.05, 0) is 23.3 Å². The van der Waals surface area contributed by atoms with Crippen molar-refractivity contribution >= 4 is 6.03 Å². The van der Waals surface area contributed by atoms with Gasteiger partial charge in [0, 0.05) is 31.7 Å². The van der Waals surface area contributed by atoms with E-state index in [1.165, 1.54) is 0 Å². The molecule has 0 aliphatic carbocycles. The largest absolute Gasteiger partial charge is 0.334 e. The zero-order chi connectivity index (χ0) is 13.1. The van der Waals surface area contributed by atoms with Crippen LogP contribution in [0, 0.1) is 0 Å². The number of pyridine rings is 2. The molecule has 2 aromatic rings. The number of rotatable bonds is 2. The first-order valence-corrected chi connectivity index (χ1v) is 6.17. The first-order valence-electron chi connectivity index (χ1n) is 6.17. The van der Waals surface area contributed by atoms with E-state index in [0.717, 1.165) is 16.8 Å². The summed E-state index contributed by atoms with van der Waals surface area (Å²) in [6.45, 7) is 1.70. The quantitative estimate of drug-likeness (QED) is 0.887. The molecule has 0 saturated carbocycles. The third-order valence-corrected chi connectivity index (χ3v) is 3.14. The second-order valence-electron chi connectivity index (χ2n) is 4.49. The Balaban J connectivity index is 1.58. The number of hydrogen-bond donors (Lipinski definition) is 1. The monoisotopic (exact) mass is 254 g/mol. The average Bonchev–Trinajstić information content (AvgIpc) is 2.90.